The first-order valence-corrected chi connectivity index (χ1v) is 8.61. The number of aryl methyl sites for hydroxylation is 1. The molecule has 0 saturated carbocycles. The molecular weight excluding hydrogens is 302 g/mol. The third kappa shape index (κ3) is 1.43. The number of methoxy groups -OCH3 is 1. The fourth-order valence-electron chi connectivity index (χ4n) is 5.30. The van der Waals surface area contributed by atoms with E-state index >= 15 is 0 Å². The lowest BCUT2D eigenvalue weighted by Crippen LogP contribution is -2.60. The Kier molecular flexibility index (Phi) is 2.61. The van der Waals surface area contributed by atoms with E-state index in [4.69, 9.17) is 9.47 Å². The van der Waals surface area contributed by atoms with Crippen molar-refractivity contribution in [1.29, 1.82) is 0 Å². The Labute approximate surface area is 141 Å². The van der Waals surface area contributed by atoms with Crippen LogP contribution in [0.3, 0.4) is 0 Å². The molecule has 2 aliphatic carbocycles. The summed E-state index contributed by atoms with van der Waals surface area (Å²) in [6.07, 6.45) is 5.88. The van der Waals surface area contributed by atoms with Crippen LogP contribution >= 0.6 is 0 Å². The van der Waals surface area contributed by atoms with Gasteiger partial charge in [-0.25, -0.2) is 0 Å². The number of benzene rings is 1. The average Bonchev–Trinajstić information content (AvgIpc) is 2.91. The SMILES string of the molecule is COC1=CC=C2[C@H]3Cc4ccc(C)c5c4[C@@]2(CCN3C(C)=O)[C@H]1O5. The minimum Gasteiger partial charge on any atom is -0.497 e. The minimum absolute atomic E-state index is 0.103. The van der Waals surface area contributed by atoms with E-state index in [-0.39, 0.29) is 23.5 Å². The Balaban J connectivity index is 1.82. The summed E-state index contributed by atoms with van der Waals surface area (Å²) in [5, 5.41) is 0. The predicted molar refractivity (Wildman–Crippen MR) is 89.9 cm³/mol. The number of ether oxygens (including phenoxy) is 2. The molecule has 24 heavy (non-hydrogen) atoms. The lowest BCUT2D eigenvalue weighted by atomic mass is 9.57. The highest BCUT2D eigenvalue weighted by Gasteiger charge is 2.62. The first-order valence-electron chi connectivity index (χ1n) is 8.61. The van der Waals surface area contributed by atoms with Gasteiger partial charge >= 0.3 is 0 Å². The molecule has 1 aromatic rings. The van der Waals surface area contributed by atoms with Crippen LogP contribution in [0, 0.1) is 6.92 Å². The van der Waals surface area contributed by atoms with Crippen molar-refractivity contribution in [1.82, 2.24) is 4.90 Å². The standard InChI is InChI=1S/C20H21NO3/c1-11-4-5-13-10-15-14-6-7-16(23-3)19-20(14,17(13)18(11)24-19)8-9-21(15)12(2)22/h4-7,15,19H,8-10H2,1-3H3/t15-,19+,20+/m1/s1. The van der Waals surface area contributed by atoms with Crippen LogP contribution in [0.25, 0.3) is 0 Å². The van der Waals surface area contributed by atoms with Gasteiger partial charge in [0.1, 0.15) is 11.5 Å². The number of piperidine rings is 1. The second-order valence-corrected chi connectivity index (χ2v) is 7.29. The number of hydrogen-bond donors (Lipinski definition) is 0. The maximum Gasteiger partial charge on any atom is 0.219 e. The molecular formula is C20H21NO3. The molecule has 1 spiro atoms. The quantitative estimate of drug-likeness (QED) is 0.797. The van der Waals surface area contributed by atoms with Crippen molar-refractivity contribution >= 4 is 5.91 Å². The van der Waals surface area contributed by atoms with Crippen molar-refractivity contribution < 1.29 is 14.3 Å². The molecule has 4 aliphatic rings. The molecule has 5 rings (SSSR count). The van der Waals surface area contributed by atoms with Crippen LogP contribution in [0.4, 0.5) is 0 Å². The molecule has 1 aromatic carbocycles. The number of rotatable bonds is 1. The fraction of sp³-hybridized carbons (Fsp3) is 0.450. The van der Waals surface area contributed by atoms with E-state index in [2.05, 4.69) is 25.1 Å². The Morgan fingerprint density at radius 2 is 2.21 bits per heavy atom. The van der Waals surface area contributed by atoms with Crippen LogP contribution in [0.5, 0.6) is 5.75 Å². The first kappa shape index (κ1) is 14.1. The van der Waals surface area contributed by atoms with Gasteiger partial charge in [0.25, 0.3) is 0 Å². The van der Waals surface area contributed by atoms with Gasteiger partial charge in [0.15, 0.2) is 6.10 Å². The number of amides is 1. The van der Waals surface area contributed by atoms with Crippen LogP contribution in [0.1, 0.15) is 30.0 Å². The minimum atomic E-state index is -0.161. The van der Waals surface area contributed by atoms with Crippen LogP contribution < -0.4 is 4.74 Å². The van der Waals surface area contributed by atoms with Gasteiger partial charge in [0.2, 0.25) is 5.91 Å². The van der Waals surface area contributed by atoms with E-state index in [0.717, 1.165) is 30.9 Å². The number of allylic oxidation sites excluding steroid dienone is 2. The highest BCUT2D eigenvalue weighted by Crippen LogP contribution is 2.61. The molecule has 0 aromatic heterocycles. The van der Waals surface area contributed by atoms with Gasteiger partial charge in [0, 0.05) is 19.0 Å². The number of likely N-dealkylation sites (tertiary alicyclic amines) is 1. The van der Waals surface area contributed by atoms with Crippen LogP contribution in [0.2, 0.25) is 0 Å². The second kappa shape index (κ2) is 4.44. The first-order chi connectivity index (χ1) is 11.6. The molecule has 0 unspecified atom stereocenters. The average molecular weight is 323 g/mol. The maximum atomic E-state index is 12.2. The van der Waals surface area contributed by atoms with Gasteiger partial charge in [-0.3, -0.25) is 4.79 Å². The summed E-state index contributed by atoms with van der Waals surface area (Å²) in [6, 6.07) is 4.50. The van der Waals surface area contributed by atoms with E-state index in [1.165, 1.54) is 22.3 Å². The van der Waals surface area contributed by atoms with Gasteiger partial charge in [-0.2, -0.15) is 0 Å². The zero-order chi connectivity index (χ0) is 16.6. The van der Waals surface area contributed by atoms with Gasteiger partial charge in [-0.15, -0.1) is 0 Å². The van der Waals surface area contributed by atoms with Crippen molar-refractivity contribution in [2.24, 2.45) is 0 Å². The van der Waals surface area contributed by atoms with Crippen LogP contribution in [-0.4, -0.2) is 36.6 Å². The molecule has 4 nitrogen and oxygen atoms in total. The number of carbonyl (C=O) groups is 1. The molecule has 2 heterocycles. The van der Waals surface area contributed by atoms with Crippen molar-refractivity contribution in [3.8, 4) is 5.75 Å². The summed E-state index contributed by atoms with van der Waals surface area (Å²) < 4.78 is 12.1. The van der Waals surface area contributed by atoms with E-state index < -0.39 is 0 Å². The zero-order valence-corrected chi connectivity index (χ0v) is 14.3. The largest absolute Gasteiger partial charge is 0.497 e. The van der Waals surface area contributed by atoms with Crippen LogP contribution in [-0.2, 0) is 21.4 Å². The van der Waals surface area contributed by atoms with Gasteiger partial charge in [-0.1, -0.05) is 18.2 Å². The summed E-state index contributed by atoms with van der Waals surface area (Å²) in [6.45, 7) is 4.57. The van der Waals surface area contributed by atoms with Crippen molar-refractivity contribution in [2.75, 3.05) is 13.7 Å². The topological polar surface area (TPSA) is 38.8 Å². The number of carbonyl (C=O) groups excluding carboxylic acids is 1. The van der Waals surface area contributed by atoms with Gasteiger partial charge in [0.05, 0.1) is 18.6 Å². The van der Waals surface area contributed by atoms with Crippen molar-refractivity contribution in [3.63, 3.8) is 0 Å². The molecule has 3 atom stereocenters. The van der Waals surface area contributed by atoms with Gasteiger partial charge in [-0.05, 0) is 42.5 Å². The fourth-order valence-corrected chi connectivity index (χ4v) is 5.30. The molecule has 2 aliphatic heterocycles. The third-order valence-electron chi connectivity index (χ3n) is 6.31. The Morgan fingerprint density at radius 3 is 2.96 bits per heavy atom. The molecule has 1 saturated heterocycles. The Hall–Kier alpha value is -2.23. The van der Waals surface area contributed by atoms with Crippen molar-refractivity contribution in [3.05, 3.63) is 52.3 Å². The molecule has 1 fully saturated rings. The maximum absolute atomic E-state index is 12.2. The van der Waals surface area contributed by atoms with E-state index in [1.54, 1.807) is 14.0 Å². The smallest absolute Gasteiger partial charge is 0.219 e. The molecule has 4 heteroatoms. The van der Waals surface area contributed by atoms with Crippen LogP contribution in [0.15, 0.2) is 35.6 Å². The summed E-state index contributed by atoms with van der Waals surface area (Å²) in [7, 11) is 1.71. The number of nitrogens with zero attached hydrogens (tertiary/aromatic N) is 1. The van der Waals surface area contributed by atoms with Gasteiger partial charge < -0.3 is 14.4 Å². The Bertz CT molecular complexity index is 838. The third-order valence-corrected chi connectivity index (χ3v) is 6.31. The molecule has 124 valence electrons. The molecule has 0 N–H and O–H groups in total. The summed E-state index contributed by atoms with van der Waals surface area (Å²) in [5.41, 5.74) is 5.02. The van der Waals surface area contributed by atoms with E-state index in [1.807, 2.05) is 11.0 Å². The summed E-state index contributed by atoms with van der Waals surface area (Å²) in [5.74, 6) is 2.07. The normalized spacial score (nSPS) is 31.7. The molecule has 1 amide bonds. The van der Waals surface area contributed by atoms with E-state index in [9.17, 15) is 4.79 Å². The zero-order valence-electron chi connectivity index (χ0n) is 14.3. The lowest BCUT2D eigenvalue weighted by molar-refractivity contribution is -0.132. The highest BCUT2D eigenvalue weighted by atomic mass is 16.5. The van der Waals surface area contributed by atoms with Crippen molar-refractivity contribution in [2.45, 2.75) is 44.2 Å². The summed E-state index contributed by atoms with van der Waals surface area (Å²) >= 11 is 0. The number of hydrogen-bond acceptors (Lipinski definition) is 3. The lowest BCUT2D eigenvalue weighted by Gasteiger charge is -2.53. The predicted octanol–water partition coefficient (Wildman–Crippen LogP) is 2.64. The molecule has 0 radical (unpaired) electrons. The summed E-state index contributed by atoms with van der Waals surface area (Å²) in [4.78, 5) is 14.2. The molecule has 2 bridgehead atoms. The second-order valence-electron chi connectivity index (χ2n) is 7.29. The Morgan fingerprint density at radius 1 is 1.38 bits per heavy atom. The monoisotopic (exact) mass is 323 g/mol. The van der Waals surface area contributed by atoms with E-state index in [0.29, 0.717) is 0 Å². The highest BCUT2D eigenvalue weighted by molar-refractivity contribution is 5.76.